The fraction of sp³-hybridized carbons (Fsp3) is 0.533. The number of pyridine rings is 1. The smallest absolute Gasteiger partial charge is 0.205 e. The van der Waals surface area contributed by atoms with Crippen LogP contribution in [0, 0.1) is 0 Å². The highest BCUT2D eigenvalue weighted by Crippen LogP contribution is 2.19. The molecule has 7 heteroatoms. The maximum Gasteiger partial charge on any atom is 0.205 e. The Labute approximate surface area is 134 Å². The van der Waals surface area contributed by atoms with E-state index < -0.39 is 0 Å². The minimum absolute atomic E-state index is 0.675. The van der Waals surface area contributed by atoms with Crippen LogP contribution in [0.3, 0.4) is 0 Å². The topological polar surface area (TPSA) is 54.4 Å². The third-order valence-corrected chi connectivity index (χ3v) is 4.56. The molecule has 1 aliphatic heterocycles. The predicted molar refractivity (Wildman–Crippen MR) is 87.2 cm³/mol. The summed E-state index contributed by atoms with van der Waals surface area (Å²) in [4.78, 5) is 13.8. The zero-order chi connectivity index (χ0) is 15.2. The van der Waals surface area contributed by atoms with Crippen molar-refractivity contribution >= 4 is 16.7 Å². The lowest BCUT2D eigenvalue weighted by molar-refractivity contribution is 0.201. The van der Waals surface area contributed by atoms with Crippen molar-refractivity contribution in [2.24, 2.45) is 0 Å². The van der Waals surface area contributed by atoms with Gasteiger partial charge in [0, 0.05) is 64.0 Å². The molecule has 0 unspecified atom stereocenters. The van der Waals surface area contributed by atoms with Crippen LogP contribution in [-0.2, 0) is 17.7 Å². The highest BCUT2D eigenvalue weighted by molar-refractivity contribution is 7.09. The Morgan fingerprint density at radius 3 is 2.82 bits per heavy atom. The van der Waals surface area contributed by atoms with Gasteiger partial charge >= 0.3 is 0 Å². The van der Waals surface area contributed by atoms with Gasteiger partial charge in [0.05, 0.1) is 12.3 Å². The number of ether oxygens (including phenoxy) is 1. The van der Waals surface area contributed by atoms with Crippen LogP contribution in [-0.4, -0.2) is 59.1 Å². The van der Waals surface area contributed by atoms with Gasteiger partial charge in [-0.3, -0.25) is 9.88 Å². The van der Waals surface area contributed by atoms with Crippen molar-refractivity contribution in [3.8, 4) is 0 Å². The van der Waals surface area contributed by atoms with Crippen LogP contribution < -0.4 is 4.90 Å². The molecule has 1 saturated heterocycles. The van der Waals surface area contributed by atoms with E-state index in [1.807, 2.05) is 18.3 Å². The average molecular weight is 319 g/mol. The van der Waals surface area contributed by atoms with E-state index in [0.29, 0.717) is 6.61 Å². The molecule has 118 valence electrons. The van der Waals surface area contributed by atoms with Crippen molar-refractivity contribution in [2.75, 3.05) is 44.8 Å². The molecule has 0 aromatic carbocycles. The fourth-order valence-corrected chi connectivity index (χ4v) is 3.25. The minimum Gasteiger partial charge on any atom is -0.384 e. The number of rotatable bonds is 6. The van der Waals surface area contributed by atoms with Gasteiger partial charge in [-0.15, -0.1) is 0 Å². The summed E-state index contributed by atoms with van der Waals surface area (Å²) in [6.07, 6.45) is 2.64. The number of piperazine rings is 1. The summed E-state index contributed by atoms with van der Waals surface area (Å²) in [6.45, 7) is 5.64. The Balaban J connectivity index is 1.50. The first-order valence-corrected chi connectivity index (χ1v) is 8.31. The number of hydrogen-bond donors (Lipinski definition) is 0. The van der Waals surface area contributed by atoms with Gasteiger partial charge in [0.1, 0.15) is 5.82 Å². The van der Waals surface area contributed by atoms with Crippen molar-refractivity contribution in [3.05, 3.63) is 35.9 Å². The first-order valence-electron chi connectivity index (χ1n) is 7.54. The van der Waals surface area contributed by atoms with Crippen molar-refractivity contribution in [2.45, 2.75) is 13.0 Å². The van der Waals surface area contributed by atoms with Crippen LogP contribution in [0.5, 0.6) is 0 Å². The summed E-state index contributed by atoms with van der Waals surface area (Å²) >= 11 is 1.49. The molecule has 6 nitrogen and oxygen atoms in total. The lowest BCUT2D eigenvalue weighted by atomic mass is 10.3. The van der Waals surface area contributed by atoms with Crippen molar-refractivity contribution in [3.63, 3.8) is 0 Å². The average Bonchev–Trinajstić information content (AvgIpc) is 3.03. The molecule has 3 heterocycles. The highest BCUT2D eigenvalue weighted by atomic mass is 32.1. The lowest BCUT2D eigenvalue weighted by Gasteiger charge is -2.34. The largest absolute Gasteiger partial charge is 0.384 e. The van der Waals surface area contributed by atoms with Gasteiger partial charge in [-0.05, 0) is 12.1 Å². The zero-order valence-corrected chi connectivity index (χ0v) is 13.6. The number of nitrogens with zero attached hydrogens (tertiary/aromatic N) is 5. The standard InChI is InChI=1S/C15H21N5OS/c1-21-11-5-14-17-15(22-18-14)20-9-7-19(8-10-20)12-13-4-2-3-6-16-13/h2-4,6H,5,7-12H2,1H3. The third kappa shape index (κ3) is 4.00. The second-order valence-electron chi connectivity index (χ2n) is 5.32. The van der Waals surface area contributed by atoms with Crippen LogP contribution in [0.1, 0.15) is 11.5 Å². The maximum atomic E-state index is 5.07. The van der Waals surface area contributed by atoms with Gasteiger partial charge in [-0.1, -0.05) is 6.07 Å². The normalized spacial score (nSPS) is 16.1. The number of methoxy groups -OCH3 is 1. The molecule has 0 atom stereocenters. The number of anilines is 1. The maximum absolute atomic E-state index is 5.07. The Morgan fingerprint density at radius 1 is 1.23 bits per heavy atom. The Kier molecular flexibility index (Phi) is 5.31. The number of hydrogen-bond acceptors (Lipinski definition) is 7. The summed E-state index contributed by atoms with van der Waals surface area (Å²) < 4.78 is 9.47. The van der Waals surface area contributed by atoms with Crippen LogP contribution >= 0.6 is 11.5 Å². The molecule has 1 aliphatic rings. The molecule has 0 amide bonds. The van der Waals surface area contributed by atoms with Crippen LogP contribution in [0.15, 0.2) is 24.4 Å². The summed E-state index contributed by atoms with van der Waals surface area (Å²) in [5.74, 6) is 0.887. The van der Waals surface area contributed by atoms with E-state index in [-0.39, 0.29) is 0 Å². The van der Waals surface area contributed by atoms with E-state index in [9.17, 15) is 0 Å². The molecular weight excluding hydrogens is 298 g/mol. The Hall–Kier alpha value is -1.57. The highest BCUT2D eigenvalue weighted by Gasteiger charge is 2.20. The molecule has 0 saturated carbocycles. The van der Waals surface area contributed by atoms with E-state index in [1.54, 1.807) is 7.11 Å². The summed E-state index contributed by atoms with van der Waals surface area (Å²) in [6, 6.07) is 6.08. The molecule has 1 fully saturated rings. The van der Waals surface area contributed by atoms with E-state index in [4.69, 9.17) is 4.74 Å². The zero-order valence-electron chi connectivity index (χ0n) is 12.8. The number of aromatic nitrogens is 3. The molecule has 0 radical (unpaired) electrons. The molecule has 22 heavy (non-hydrogen) atoms. The van der Waals surface area contributed by atoms with E-state index >= 15 is 0 Å². The van der Waals surface area contributed by atoms with E-state index in [1.165, 1.54) is 11.5 Å². The van der Waals surface area contributed by atoms with Gasteiger partial charge in [-0.25, -0.2) is 4.98 Å². The fourth-order valence-electron chi connectivity index (χ4n) is 2.49. The van der Waals surface area contributed by atoms with E-state index in [0.717, 1.165) is 55.8 Å². The van der Waals surface area contributed by atoms with Gasteiger partial charge < -0.3 is 9.64 Å². The molecule has 3 rings (SSSR count). The second kappa shape index (κ2) is 7.62. The summed E-state index contributed by atoms with van der Waals surface area (Å²) in [5.41, 5.74) is 1.13. The molecule has 2 aromatic rings. The Morgan fingerprint density at radius 2 is 2.09 bits per heavy atom. The summed E-state index contributed by atoms with van der Waals surface area (Å²) in [5, 5.41) is 1.03. The monoisotopic (exact) mass is 319 g/mol. The molecule has 2 aromatic heterocycles. The van der Waals surface area contributed by atoms with Crippen LogP contribution in [0.4, 0.5) is 5.13 Å². The van der Waals surface area contributed by atoms with Gasteiger partial charge in [-0.2, -0.15) is 4.37 Å². The van der Waals surface area contributed by atoms with E-state index in [2.05, 4.69) is 30.2 Å². The predicted octanol–water partition coefficient (Wildman–Crippen LogP) is 1.44. The molecule has 0 N–H and O–H groups in total. The first kappa shape index (κ1) is 15.3. The van der Waals surface area contributed by atoms with Crippen LogP contribution in [0.25, 0.3) is 0 Å². The molecule has 0 aliphatic carbocycles. The first-order chi connectivity index (χ1) is 10.8. The Bertz CT molecular complexity index is 568. The van der Waals surface area contributed by atoms with Crippen molar-refractivity contribution < 1.29 is 4.74 Å². The van der Waals surface area contributed by atoms with Crippen LogP contribution in [0.2, 0.25) is 0 Å². The summed E-state index contributed by atoms with van der Waals surface area (Å²) in [7, 11) is 1.70. The van der Waals surface area contributed by atoms with Crippen molar-refractivity contribution in [1.82, 2.24) is 19.2 Å². The van der Waals surface area contributed by atoms with Crippen molar-refractivity contribution in [1.29, 1.82) is 0 Å². The molecular formula is C15H21N5OS. The molecule has 0 bridgehead atoms. The van der Waals surface area contributed by atoms with Gasteiger partial charge in [0.15, 0.2) is 0 Å². The third-order valence-electron chi connectivity index (χ3n) is 3.74. The van der Waals surface area contributed by atoms with Gasteiger partial charge in [0.2, 0.25) is 5.13 Å². The quantitative estimate of drug-likeness (QED) is 0.803. The second-order valence-corrected chi connectivity index (χ2v) is 6.05. The molecule has 0 spiro atoms. The minimum atomic E-state index is 0.675. The lowest BCUT2D eigenvalue weighted by Crippen LogP contribution is -2.46. The van der Waals surface area contributed by atoms with Gasteiger partial charge in [0.25, 0.3) is 0 Å². The SMILES string of the molecule is COCCc1nsc(N2CCN(Cc3ccccn3)CC2)n1.